The number of amides is 1. The number of aromatic nitrogens is 2. The molecule has 24 heavy (non-hydrogen) atoms. The summed E-state index contributed by atoms with van der Waals surface area (Å²) in [5.41, 5.74) is 0.782. The zero-order valence-corrected chi connectivity index (χ0v) is 13.8. The van der Waals surface area contributed by atoms with Gasteiger partial charge in [-0.15, -0.1) is 0 Å². The fourth-order valence-electron chi connectivity index (χ4n) is 2.78. The Hall–Kier alpha value is -2.21. The number of hydrogen-bond donors (Lipinski definition) is 1. The third-order valence-corrected chi connectivity index (χ3v) is 4.44. The number of halogens is 2. The smallest absolute Gasteiger partial charge is 0.225 e. The van der Waals surface area contributed by atoms with Crippen molar-refractivity contribution in [2.45, 2.75) is 19.4 Å². The predicted octanol–water partition coefficient (Wildman–Crippen LogP) is 2.80. The van der Waals surface area contributed by atoms with Crippen LogP contribution in [0.1, 0.15) is 18.4 Å². The zero-order valence-electron chi connectivity index (χ0n) is 13.1. The molecule has 1 aromatic heterocycles. The summed E-state index contributed by atoms with van der Waals surface area (Å²) in [6.07, 6.45) is 4.95. The maximum absolute atomic E-state index is 13.1. The molecule has 1 N–H and O–H groups in total. The Morgan fingerprint density at radius 3 is 2.67 bits per heavy atom. The van der Waals surface area contributed by atoms with Gasteiger partial charge in [0.25, 0.3) is 0 Å². The Morgan fingerprint density at radius 2 is 2.00 bits per heavy atom. The predicted molar refractivity (Wildman–Crippen MR) is 90.2 cm³/mol. The van der Waals surface area contributed by atoms with E-state index in [1.807, 2.05) is 0 Å². The number of hydrogen-bond acceptors (Lipinski definition) is 4. The summed E-state index contributed by atoms with van der Waals surface area (Å²) in [4.78, 5) is 22.9. The van der Waals surface area contributed by atoms with Crippen LogP contribution in [0.4, 0.5) is 10.3 Å². The average Bonchev–Trinajstić information content (AvgIpc) is 2.63. The highest BCUT2D eigenvalue weighted by Crippen LogP contribution is 2.21. The number of rotatable bonds is 4. The number of piperidine rings is 1. The van der Waals surface area contributed by atoms with E-state index in [4.69, 9.17) is 11.6 Å². The molecule has 3 rings (SSSR count). The van der Waals surface area contributed by atoms with Crippen molar-refractivity contribution in [2.24, 2.45) is 5.92 Å². The second kappa shape index (κ2) is 7.57. The quantitative estimate of drug-likeness (QED) is 0.923. The molecular weight excluding hydrogens is 331 g/mol. The third kappa shape index (κ3) is 4.00. The normalized spacial score (nSPS) is 15.3. The molecule has 126 valence electrons. The standard InChI is InChI=1S/C17H18ClFN4O/c18-14-10-12(2-3-15(14)19)11-22-16(24)13-4-8-23(9-5-13)17-20-6-1-7-21-17/h1-3,6-7,10,13H,4-5,8-9,11H2,(H,22,24). The number of carbonyl (C=O) groups is 1. The molecule has 0 bridgehead atoms. The van der Waals surface area contributed by atoms with Crippen LogP contribution < -0.4 is 10.2 Å². The van der Waals surface area contributed by atoms with Crippen LogP contribution in [0.2, 0.25) is 5.02 Å². The molecule has 0 spiro atoms. The van der Waals surface area contributed by atoms with Crippen molar-refractivity contribution in [1.82, 2.24) is 15.3 Å². The summed E-state index contributed by atoms with van der Waals surface area (Å²) in [6.45, 7) is 1.86. The summed E-state index contributed by atoms with van der Waals surface area (Å²) in [5.74, 6) is 0.240. The molecule has 1 saturated heterocycles. The van der Waals surface area contributed by atoms with E-state index in [0.717, 1.165) is 31.5 Å². The molecule has 5 nitrogen and oxygen atoms in total. The van der Waals surface area contributed by atoms with Gasteiger partial charge < -0.3 is 10.2 Å². The van der Waals surface area contributed by atoms with Gasteiger partial charge in [-0.2, -0.15) is 0 Å². The summed E-state index contributed by atoms with van der Waals surface area (Å²) < 4.78 is 13.1. The van der Waals surface area contributed by atoms with Gasteiger partial charge in [0.1, 0.15) is 5.82 Å². The van der Waals surface area contributed by atoms with Crippen molar-refractivity contribution in [3.8, 4) is 0 Å². The molecule has 1 aliphatic heterocycles. The first-order valence-corrected chi connectivity index (χ1v) is 8.25. The van der Waals surface area contributed by atoms with E-state index < -0.39 is 5.82 Å². The largest absolute Gasteiger partial charge is 0.352 e. The second-order valence-corrected chi connectivity index (χ2v) is 6.18. The molecular formula is C17H18ClFN4O. The minimum atomic E-state index is -0.456. The summed E-state index contributed by atoms with van der Waals surface area (Å²) in [7, 11) is 0. The first-order valence-electron chi connectivity index (χ1n) is 7.87. The molecule has 0 unspecified atom stereocenters. The number of benzene rings is 1. The maximum atomic E-state index is 13.1. The Labute approximate surface area is 144 Å². The van der Waals surface area contributed by atoms with Gasteiger partial charge in [0.15, 0.2) is 0 Å². The van der Waals surface area contributed by atoms with Gasteiger partial charge in [-0.25, -0.2) is 14.4 Å². The molecule has 1 aliphatic rings. The van der Waals surface area contributed by atoms with Crippen LogP contribution in [0.25, 0.3) is 0 Å². The topological polar surface area (TPSA) is 58.1 Å². The minimum absolute atomic E-state index is 0.0177. The van der Waals surface area contributed by atoms with Gasteiger partial charge in [-0.3, -0.25) is 4.79 Å². The number of nitrogens with one attached hydrogen (secondary N) is 1. The van der Waals surface area contributed by atoms with Gasteiger partial charge in [0.05, 0.1) is 5.02 Å². The molecule has 0 saturated carbocycles. The monoisotopic (exact) mass is 348 g/mol. The van der Waals surface area contributed by atoms with E-state index in [1.54, 1.807) is 24.5 Å². The van der Waals surface area contributed by atoms with E-state index >= 15 is 0 Å². The highest BCUT2D eigenvalue weighted by atomic mass is 35.5. The number of anilines is 1. The van der Waals surface area contributed by atoms with Crippen molar-refractivity contribution in [1.29, 1.82) is 0 Å². The Balaban J connectivity index is 1.49. The lowest BCUT2D eigenvalue weighted by Crippen LogP contribution is -2.41. The second-order valence-electron chi connectivity index (χ2n) is 5.78. The lowest BCUT2D eigenvalue weighted by atomic mass is 9.96. The molecule has 7 heteroatoms. The summed E-state index contributed by atoms with van der Waals surface area (Å²) in [6, 6.07) is 6.25. The van der Waals surface area contributed by atoms with E-state index in [-0.39, 0.29) is 16.8 Å². The molecule has 0 radical (unpaired) electrons. The average molecular weight is 349 g/mol. The van der Waals surface area contributed by atoms with E-state index in [1.165, 1.54) is 12.1 Å². The molecule has 2 heterocycles. The zero-order chi connectivity index (χ0) is 16.9. The highest BCUT2D eigenvalue weighted by molar-refractivity contribution is 6.30. The Kier molecular flexibility index (Phi) is 5.25. The number of nitrogens with zero attached hydrogens (tertiary/aromatic N) is 3. The van der Waals surface area contributed by atoms with Crippen molar-refractivity contribution < 1.29 is 9.18 Å². The van der Waals surface area contributed by atoms with Crippen LogP contribution >= 0.6 is 11.6 Å². The van der Waals surface area contributed by atoms with Crippen LogP contribution in [0.3, 0.4) is 0 Å². The molecule has 1 amide bonds. The number of carbonyl (C=O) groups excluding carboxylic acids is 1. The molecule has 1 fully saturated rings. The fourth-order valence-corrected chi connectivity index (χ4v) is 2.98. The van der Waals surface area contributed by atoms with Crippen LogP contribution in [0.15, 0.2) is 36.7 Å². The summed E-state index contributed by atoms with van der Waals surface area (Å²) in [5, 5.41) is 2.97. The third-order valence-electron chi connectivity index (χ3n) is 4.15. The lowest BCUT2D eigenvalue weighted by Gasteiger charge is -2.31. The van der Waals surface area contributed by atoms with Gasteiger partial charge in [0, 0.05) is 37.9 Å². The van der Waals surface area contributed by atoms with Crippen LogP contribution in [0.5, 0.6) is 0 Å². The molecule has 1 aromatic carbocycles. The molecule has 0 aliphatic carbocycles. The molecule has 2 aromatic rings. The van der Waals surface area contributed by atoms with E-state index in [9.17, 15) is 9.18 Å². The lowest BCUT2D eigenvalue weighted by molar-refractivity contribution is -0.125. The van der Waals surface area contributed by atoms with Crippen molar-refractivity contribution in [3.05, 3.63) is 53.1 Å². The van der Waals surface area contributed by atoms with Gasteiger partial charge in [-0.1, -0.05) is 17.7 Å². The first-order chi connectivity index (χ1) is 11.6. The maximum Gasteiger partial charge on any atom is 0.225 e. The van der Waals surface area contributed by atoms with Crippen LogP contribution in [-0.2, 0) is 11.3 Å². The van der Waals surface area contributed by atoms with E-state index in [2.05, 4.69) is 20.2 Å². The van der Waals surface area contributed by atoms with Crippen LogP contribution in [0, 0.1) is 11.7 Å². The Bertz CT molecular complexity index is 705. The first kappa shape index (κ1) is 16.6. The van der Waals surface area contributed by atoms with Gasteiger partial charge >= 0.3 is 0 Å². The van der Waals surface area contributed by atoms with Crippen molar-refractivity contribution in [2.75, 3.05) is 18.0 Å². The van der Waals surface area contributed by atoms with Gasteiger partial charge in [0.2, 0.25) is 11.9 Å². The van der Waals surface area contributed by atoms with E-state index in [0.29, 0.717) is 12.5 Å². The summed E-state index contributed by atoms with van der Waals surface area (Å²) >= 11 is 5.75. The van der Waals surface area contributed by atoms with Gasteiger partial charge in [-0.05, 0) is 36.6 Å². The SMILES string of the molecule is O=C(NCc1ccc(F)c(Cl)c1)C1CCN(c2ncccn2)CC1. The Morgan fingerprint density at radius 1 is 1.29 bits per heavy atom. The molecule has 0 atom stereocenters. The fraction of sp³-hybridized carbons (Fsp3) is 0.353. The minimum Gasteiger partial charge on any atom is -0.352 e. The highest BCUT2D eigenvalue weighted by Gasteiger charge is 2.25. The van der Waals surface area contributed by atoms with Crippen LogP contribution in [-0.4, -0.2) is 29.0 Å². The van der Waals surface area contributed by atoms with Crippen molar-refractivity contribution in [3.63, 3.8) is 0 Å². The van der Waals surface area contributed by atoms with Crippen molar-refractivity contribution >= 4 is 23.5 Å².